The molecule has 3 N–H and O–H groups in total. The van der Waals surface area contributed by atoms with Crippen molar-refractivity contribution < 1.29 is 17.9 Å². The van der Waals surface area contributed by atoms with Gasteiger partial charge in [0.15, 0.2) is 12.6 Å². The van der Waals surface area contributed by atoms with Crippen LogP contribution < -0.4 is 15.8 Å². The largest absolute Gasteiger partial charge is 0.484 e. The van der Waals surface area contributed by atoms with Crippen LogP contribution in [0.1, 0.15) is 19.4 Å². The first-order chi connectivity index (χ1) is 9.76. The van der Waals surface area contributed by atoms with E-state index in [9.17, 15) is 13.2 Å². The molecule has 118 valence electrons. The highest BCUT2D eigenvalue weighted by molar-refractivity contribution is 5.77. The average molecular weight is 303 g/mol. The maximum Gasteiger partial charge on any atom is 0.422 e. The Labute approximate surface area is 122 Å². The maximum atomic E-state index is 12.1. The summed E-state index contributed by atoms with van der Waals surface area (Å²) in [6.45, 7) is 3.77. The van der Waals surface area contributed by atoms with Crippen LogP contribution in [0.5, 0.6) is 5.75 Å². The third-order valence-electron chi connectivity index (χ3n) is 2.42. The predicted molar refractivity (Wildman–Crippen MR) is 76.2 cm³/mol. The van der Waals surface area contributed by atoms with Gasteiger partial charge in [-0.15, -0.1) is 0 Å². The quantitative estimate of drug-likeness (QED) is 0.627. The lowest BCUT2D eigenvalue weighted by Gasteiger charge is -2.10. The normalized spacial score (nSPS) is 12.6. The molecule has 0 fully saturated rings. The highest BCUT2D eigenvalue weighted by Gasteiger charge is 2.28. The summed E-state index contributed by atoms with van der Waals surface area (Å²) in [5.74, 6) is 0.914. The Morgan fingerprint density at radius 3 is 2.71 bits per heavy atom. The number of hydrogen-bond donors (Lipinski definition) is 2. The van der Waals surface area contributed by atoms with E-state index in [1.54, 1.807) is 12.1 Å². The van der Waals surface area contributed by atoms with Crippen molar-refractivity contribution in [1.29, 1.82) is 0 Å². The average Bonchev–Trinajstić information content (AvgIpc) is 2.40. The molecule has 0 atom stereocenters. The van der Waals surface area contributed by atoms with Crippen molar-refractivity contribution in [1.82, 2.24) is 5.32 Å². The van der Waals surface area contributed by atoms with Gasteiger partial charge >= 0.3 is 6.18 Å². The summed E-state index contributed by atoms with van der Waals surface area (Å²) in [6, 6.07) is 6.36. The number of nitrogens with one attached hydrogen (secondary N) is 1. The minimum absolute atomic E-state index is 0.161. The smallest absolute Gasteiger partial charge is 0.422 e. The van der Waals surface area contributed by atoms with E-state index in [0.717, 1.165) is 5.56 Å². The Morgan fingerprint density at radius 2 is 2.10 bits per heavy atom. The van der Waals surface area contributed by atoms with Gasteiger partial charge in [-0.1, -0.05) is 26.0 Å². The fourth-order valence-corrected chi connectivity index (χ4v) is 1.44. The minimum Gasteiger partial charge on any atom is -0.484 e. The first kappa shape index (κ1) is 17.1. The van der Waals surface area contributed by atoms with Crippen LogP contribution in [0.15, 0.2) is 29.3 Å². The zero-order chi connectivity index (χ0) is 15.9. The van der Waals surface area contributed by atoms with Gasteiger partial charge < -0.3 is 15.8 Å². The first-order valence-corrected chi connectivity index (χ1v) is 6.58. The molecule has 0 heterocycles. The molecule has 0 radical (unpaired) electrons. The third kappa shape index (κ3) is 8.06. The molecule has 0 aromatic heterocycles. The van der Waals surface area contributed by atoms with E-state index < -0.39 is 12.8 Å². The number of guanidine groups is 1. The molecule has 0 spiro atoms. The SMILES string of the molecule is CC(C)CNC(N)=NCc1cccc(OCC(F)(F)F)c1. The molecular formula is C14H20F3N3O. The van der Waals surface area contributed by atoms with Crippen molar-refractivity contribution in [3.05, 3.63) is 29.8 Å². The number of rotatable bonds is 6. The zero-order valence-corrected chi connectivity index (χ0v) is 12.1. The Balaban J connectivity index is 2.54. The molecule has 0 unspecified atom stereocenters. The fraction of sp³-hybridized carbons (Fsp3) is 0.500. The molecule has 0 saturated carbocycles. The lowest BCUT2D eigenvalue weighted by molar-refractivity contribution is -0.153. The van der Waals surface area contributed by atoms with Gasteiger partial charge in [-0.2, -0.15) is 13.2 Å². The molecule has 0 aliphatic carbocycles. The van der Waals surface area contributed by atoms with Crippen molar-refractivity contribution in [2.75, 3.05) is 13.2 Å². The van der Waals surface area contributed by atoms with Crippen LogP contribution in [0.4, 0.5) is 13.2 Å². The Hall–Kier alpha value is -1.92. The van der Waals surface area contributed by atoms with Gasteiger partial charge in [-0.3, -0.25) is 0 Å². The predicted octanol–water partition coefficient (Wildman–Crippen LogP) is 2.69. The first-order valence-electron chi connectivity index (χ1n) is 6.58. The van der Waals surface area contributed by atoms with Crippen molar-refractivity contribution in [3.63, 3.8) is 0 Å². The van der Waals surface area contributed by atoms with E-state index in [1.807, 2.05) is 13.8 Å². The van der Waals surface area contributed by atoms with Gasteiger partial charge in [0.25, 0.3) is 0 Å². The van der Waals surface area contributed by atoms with E-state index >= 15 is 0 Å². The van der Waals surface area contributed by atoms with Crippen molar-refractivity contribution >= 4 is 5.96 Å². The highest BCUT2D eigenvalue weighted by Crippen LogP contribution is 2.19. The number of nitrogens with two attached hydrogens (primary N) is 1. The second kappa shape index (κ2) is 7.75. The summed E-state index contributed by atoms with van der Waals surface area (Å²) in [4.78, 5) is 4.12. The molecule has 4 nitrogen and oxygen atoms in total. The monoisotopic (exact) mass is 303 g/mol. The highest BCUT2D eigenvalue weighted by atomic mass is 19.4. The zero-order valence-electron chi connectivity index (χ0n) is 12.1. The molecule has 21 heavy (non-hydrogen) atoms. The molecule has 0 aliphatic rings. The van der Waals surface area contributed by atoms with Crippen LogP contribution in [0.25, 0.3) is 0 Å². The van der Waals surface area contributed by atoms with E-state index in [4.69, 9.17) is 5.73 Å². The molecule has 0 amide bonds. The van der Waals surface area contributed by atoms with Crippen LogP contribution in [-0.2, 0) is 6.54 Å². The van der Waals surface area contributed by atoms with Crippen molar-refractivity contribution in [2.45, 2.75) is 26.6 Å². The van der Waals surface area contributed by atoms with Gasteiger partial charge in [0, 0.05) is 6.54 Å². The Morgan fingerprint density at radius 1 is 1.38 bits per heavy atom. The number of halogens is 3. The third-order valence-corrected chi connectivity index (χ3v) is 2.42. The van der Waals surface area contributed by atoms with Crippen LogP contribution in [0.3, 0.4) is 0 Å². The van der Waals surface area contributed by atoms with Gasteiger partial charge in [0.1, 0.15) is 5.75 Å². The van der Waals surface area contributed by atoms with Gasteiger partial charge in [0.2, 0.25) is 0 Å². The lowest BCUT2D eigenvalue weighted by Crippen LogP contribution is -2.34. The number of aliphatic imine (C=N–C) groups is 1. The summed E-state index contributed by atoms with van der Waals surface area (Å²) in [5.41, 5.74) is 6.41. The number of alkyl halides is 3. The molecule has 0 aliphatic heterocycles. The second-order valence-corrected chi connectivity index (χ2v) is 5.03. The topological polar surface area (TPSA) is 59.6 Å². The molecule has 7 heteroatoms. The number of nitrogens with zero attached hydrogens (tertiary/aromatic N) is 1. The van der Waals surface area contributed by atoms with E-state index in [1.165, 1.54) is 12.1 Å². The molecule has 1 aromatic carbocycles. The van der Waals surface area contributed by atoms with E-state index in [-0.39, 0.29) is 12.3 Å². The van der Waals surface area contributed by atoms with Crippen LogP contribution in [-0.4, -0.2) is 25.3 Å². The molecule has 0 saturated heterocycles. The standard InChI is InChI=1S/C14H20F3N3O/c1-10(2)7-19-13(18)20-8-11-4-3-5-12(6-11)21-9-14(15,16)17/h3-6,10H,7-9H2,1-2H3,(H3,18,19,20). The summed E-state index contributed by atoms with van der Waals surface area (Å²) < 4.78 is 40.9. The Kier molecular flexibility index (Phi) is 6.33. The molecule has 1 aromatic rings. The van der Waals surface area contributed by atoms with E-state index in [0.29, 0.717) is 18.4 Å². The van der Waals surface area contributed by atoms with E-state index in [2.05, 4.69) is 15.0 Å². The van der Waals surface area contributed by atoms with Gasteiger partial charge in [-0.05, 0) is 23.6 Å². The summed E-state index contributed by atoms with van der Waals surface area (Å²) >= 11 is 0. The van der Waals surface area contributed by atoms with Crippen molar-refractivity contribution in [3.8, 4) is 5.75 Å². The summed E-state index contributed by atoms with van der Waals surface area (Å²) in [5, 5.41) is 2.96. The van der Waals surface area contributed by atoms with Gasteiger partial charge in [0.05, 0.1) is 6.54 Å². The number of benzene rings is 1. The lowest BCUT2D eigenvalue weighted by atomic mass is 10.2. The summed E-state index contributed by atoms with van der Waals surface area (Å²) in [6.07, 6.45) is -4.35. The summed E-state index contributed by atoms with van der Waals surface area (Å²) in [7, 11) is 0. The maximum absolute atomic E-state index is 12.1. The second-order valence-electron chi connectivity index (χ2n) is 5.03. The van der Waals surface area contributed by atoms with Crippen molar-refractivity contribution in [2.24, 2.45) is 16.6 Å². The van der Waals surface area contributed by atoms with Crippen LogP contribution >= 0.6 is 0 Å². The molecule has 0 bridgehead atoms. The van der Waals surface area contributed by atoms with Gasteiger partial charge in [-0.25, -0.2) is 4.99 Å². The molecule has 1 rings (SSSR count). The number of hydrogen-bond acceptors (Lipinski definition) is 2. The Bertz CT molecular complexity index is 473. The number of ether oxygens (including phenoxy) is 1. The fourth-order valence-electron chi connectivity index (χ4n) is 1.44. The minimum atomic E-state index is -4.35. The van der Waals surface area contributed by atoms with Crippen LogP contribution in [0, 0.1) is 5.92 Å². The van der Waals surface area contributed by atoms with Crippen LogP contribution in [0.2, 0.25) is 0 Å². The molecular weight excluding hydrogens is 283 g/mol.